The quantitative estimate of drug-likeness (QED) is 0.878. The van der Waals surface area contributed by atoms with Gasteiger partial charge in [-0.05, 0) is 19.3 Å². The molecule has 0 radical (unpaired) electrons. The fourth-order valence-electron chi connectivity index (χ4n) is 2.94. The Morgan fingerprint density at radius 3 is 2.84 bits per heavy atom. The van der Waals surface area contributed by atoms with Crippen molar-refractivity contribution in [1.82, 2.24) is 15.1 Å². The van der Waals surface area contributed by atoms with Crippen LogP contribution < -0.4 is 5.32 Å². The smallest absolute Gasteiger partial charge is 0.151 e. The molecule has 0 aliphatic heterocycles. The number of aryl methyl sites for hydroxylation is 2. The molecule has 1 aromatic rings. The third-order valence-corrected chi connectivity index (χ3v) is 5.55. The number of nitrogens with zero attached hydrogens (tertiary/aromatic N) is 2. The molecule has 2 unspecified atom stereocenters. The Labute approximate surface area is 115 Å². The number of sulfone groups is 1. The monoisotopic (exact) mass is 285 g/mol. The second-order valence-electron chi connectivity index (χ2n) is 5.41. The number of aromatic nitrogens is 2. The van der Waals surface area contributed by atoms with Crippen molar-refractivity contribution in [3.63, 3.8) is 0 Å². The Hall–Kier alpha value is -0.880. The Bertz CT molecular complexity index is 536. The molecule has 1 heterocycles. The molecule has 2 atom stereocenters. The standard InChI is InChI=1S/C13H23N3O2S/c1-4-11-10(9-16(2)15-11)8-14-12-6-5-7-13(12)19(3,17)18/h9,12-14H,4-8H2,1-3H3. The van der Waals surface area contributed by atoms with Gasteiger partial charge in [0.15, 0.2) is 9.84 Å². The molecule has 1 fully saturated rings. The summed E-state index contributed by atoms with van der Waals surface area (Å²) < 4.78 is 25.3. The fourth-order valence-corrected chi connectivity index (χ4v) is 4.37. The molecule has 1 aliphatic rings. The Morgan fingerprint density at radius 1 is 1.47 bits per heavy atom. The van der Waals surface area contributed by atoms with Crippen molar-refractivity contribution in [2.24, 2.45) is 7.05 Å². The van der Waals surface area contributed by atoms with Crippen LogP contribution in [-0.2, 0) is 29.9 Å². The highest BCUT2D eigenvalue weighted by molar-refractivity contribution is 7.91. The minimum Gasteiger partial charge on any atom is -0.309 e. The zero-order valence-corrected chi connectivity index (χ0v) is 12.7. The minimum absolute atomic E-state index is 0.0833. The predicted molar refractivity (Wildman–Crippen MR) is 75.7 cm³/mol. The highest BCUT2D eigenvalue weighted by atomic mass is 32.2. The van der Waals surface area contributed by atoms with E-state index in [4.69, 9.17) is 0 Å². The normalized spacial score (nSPS) is 23.9. The van der Waals surface area contributed by atoms with Crippen molar-refractivity contribution in [3.8, 4) is 0 Å². The van der Waals surface area contributed by atoms with E-state index in [1.165, 1.54) is 11.8 Å². The summed E-state index contributed by atoms with van der Waals surface area (Å²) >= 11 is 0. The average Bonchev–Trinajstić information content (AvgIpc) is 2.91. The van der Waals surface area contributed by atoms with Gasteiger partial charge in [-0.1, -0.05) is 13.3 Å². The third-order valence-electron chi connectivity index (χ3n) is 3.88. The maximum atomic E-state index is 11.7. The molecular weight excluding hydrogens is 262 g/mol. The maximum Gasteiger partial charge on any atom is 0.151 e. The number of rotatable bonds is 5. The van der Waals surface area contributed by atoms with Gasteiger partial charge in [-0.25, -0.2) is 8.42 Å². The average molecular weight is 285 g/mol. The Morgan fingerprint density at radius 2 is 2.21 bits per heavy atom. The van der Waals surface area contributed by atoms with Crippen LogP contribution in [0.25, 0.3) is 0 Å². The molecule has 1 aliphatic carbocycles. The SMILES string of the molecule is CCc1nn(C)cc1CNC1CCCC1S(C)(=O)=O. The molecule has 19 heavy (non-hydrogen) atoms. The van der Waals surface area contributed by atoms with Gasteiger partial charge in [0.05, 0.1) is 10.9 Å². The van der Waals surface area contributed by atoms with Gasteiger partial charge in [-0.3, -0.25) is 4.68 Å². The van der Waals surface area contributed by atoms with Crippen molar-refractivity contribution in [3.05, 3.63) is 17.5 Å². The molecule has 5 nitrogen and oxygen atoms in total. The molecule has 0 bridgehead atoms. The zero-order chi connectivity index (χ0) is 14.0. The van der Waals surface area contributed by atoms with Gasteiger partial charge in [0.2, 0.25) is 0 Å². The van der Waals surface area contributed by atoms with Crippen LogP contribution in [0.3, 0.4) is 0 Å². The summed E-state index contributed by atoms with van der Waals surface area (Å²) in [5.41, 5.74) is 2.26. The van der Waals surface area contributed by atoms with Crippen LogP contribution in [0.5, 0.6) is 0 Å². The van der Waals surface area contributed by atoms with E-state index in [1.54, 1.807) is 0 Å². The van der Waals surface area contributed by atoms with E-state index in [-0.39, 0.29) is 11.3 Å². The summed E-state index contributed by atoms with van der Waals surface area (Å²) in [6.45, 7) is 2.79. The summed E-state index contributed by atoms with van der Waals surface area (Å²) in [7, 11) is -1.04. The van der Waals surface area contributed by atoms with Crippen molar-refractivity contribution in [1.29, 1.82) is 0 Å². The lowest BCUT2D eigenvalue weighted by atomic mass is 10.2. The first kappa shape index (κ1) is 14.5. The van der Waals surface area contributed by atoms with Gasteiger partial charge >= 0.3 is 0 Å². The highest BCUT2D eigenvalue weighted by Gasteiger charge is 2.34. The molecule has 0 spiro atoms. The molecule has 0 amide bonds. The van der Waals surface area contributed by atoms with Crippen molar-refractivity contribution in [2.75, 3.05) is 6.26 Å². The van der Waals surface area contributed by atoms with Crippen LogP contribution in [0.1, 0.15) is 37.4 Å². The highest BCUT2D eigenvalue weighted by Crippen LogP contribution is 2.25. The minimum atomic E-state index is -2.95. The lowest BCUT2D eigenvalue weighted by molar-refractivity contribution is 0.506. The molecule has 0 aromatic carbocycles. The molecule has 1 saturated carbocycles. The predicted octanol–water partition coefficient (Wildman–Crippen LogP) is 1.04. The largest absolute Gasteiger partial charge is 0.309 e. The molecule has 6 heteroatoms. The van der Waals surface area contributed by atoms with E-state index >= 15 is 0 Å². The molecular formula is C13H23N3O2S. The van der Waals surface area contributed by atoms with Crippen molar-refractivity contribution in [2.45, 2.75) is 50.4 Å². The van der Waals surface area contributed by atoms with Crippen LogP contribution in [0.4, 0.5) is 0 Å². The van der Waals surface area contributed by atoms with Crippen molar-refractivity contribution < 1.29 is 8.42 Å². The van der Waals surface area contributed by atoms with Crippen LogP contribution in [-0.4, -0.2) is 35.7 Å². The summed E-state index contributed by atoms with van der Waals surface area (Å²) in [5.74, 6) is 0. The Kier molecular flexibility index (Phi) is 4.30. The van der Waals surface area contributed by atoms with E-state index in [0.29, 0.717) is 6.54 Å². The lowest BCUT2D eigenvalue weighted by Crippen LogP contribution is -2.39. The van der Waals surface area contributed by atoms with E-state index in [0.717, 1.165) is 31.4 Å². The topological polar surface area (TPSA) is 64.0 Å². The van der Waals surface area contributed by atoms with E-state index in [9.17, 15) is 8.42 Å². The first-order valence-electron chi connectivity index (χ1n) is 6.85. The summed E-state index contributed by atoms with van der Waals surface area (Å²) in [5, 5.41) is 7.58. The summed E-state index contributed by atoms with van der Waals surface area (Å²) in [4.78, 5) is 0. The van der Waals surface area contributed by atoms with Gasteiger partial charge in [0.25, 0.3) is 0 Å². The molecule has 2 rings (SSSR count). The molecule has 1 aromatic heterocycles. The maximum absolute atomic E-state index is 11.7. The summed E-state index contributed by atoms with van der Waals surface area (Å²) in [6, 6.07) is 0.0833. The fraction of sp³-hybridized carbons (Fsp3) is 0.769. The van der Waals surface area contributed by atoms with Gasteiger partial charge in [-0.2, -0.15) is 5.10 Å². The first-order chi connectivity index (χ1) is 8.91. The van der Waals surface area contributed by atoms with Gasteiger partial charge in [-0.15, -0.1) is 0 Å². The number of hydrogen-bond donors (Lipinski definition) is 1. The van der Waals surface area contributed by atoms with E-state index in [2.05, 4.69) is 17.3 Å². The molecule has 1 N–H and O–H groups in total. The second kappa shape index (κ2) is 5.63. The first-order valence-corrected chi connectivity index (χ1v) is 8.81. The van der Waals surface area contributed by atoms with Crippen LogP contribution in [0, 0.1) is 0 Å². The Balaban J connectivity index is 2.02. The number of hydrogen-bond acceptors (Lipinski definition) is 4. The van der Waals surface area contributed by atoms with E-state index in [1.807, 2.05) is 17.9 Å². The van der Waals surface area contributed by atoms with Crippen molar-refractivity contribution >= 4 is 9.84 Å². The van der Waals surface area contributed by atoms with Gasteiger partial charge < -0.3 is 5.32 Å². The van der Waals surface area contributed by atoms with Gasteiger partial charge in [0, 0.05) is 37.7 Å². The molecule has 108 valence electrons. The molecule has 0 saturated heterocycles. The van der Waals surface area contributed by atoms with Crippen LogP contribution in [0.2, 0.25) is 0 Å². The van der Waals surface area contributed by atoms with Gasteiger partial charge in [0.1, 0.15) is 0 Å². The second-order valence-corrected chi connectivity index (χ2v) is 7.68. The van der Waals surface area contributed by atoms with E-state index < -0.39 is 9.84 Å². The third kappa shape index (κ3) is 3.36. The summed E-state index contributed by atoms with van der Waals surface area (Å²) in [6.07, 6.45) is 6.97. The lowest BCUT2D eigenvalue weighted by Gasteiger charge is -2.19. The zero-order valence-electron chi connectivity index (χ0n) is 11.9. The van der Waals surface area contributed by atoms with Crippen LogP contribution >= 0.6 is 0 Å². The number of nitrogens with one attached hydrogen (secondary N) is 1. The van der Waals surface area contributed by atoms with Crippen LogP contribution in [0.15, 0.2) is 6.20 Å².